The van der Waals surface area contributed by atoms with E-state index >= 15 is 0 Å². The molecule has 1 aliphatic carbocycles. The Labute approximate surface area is 161 Å². The van der Waals surface area contributed by atoms with Crippen molar-refractivity contribution in [3.63, 3.8) is 0 Å². The molecule has 3 aromatic heterocycles. The molecule has 0 aliphatic heterocycles. The Bertz CT molecular complexity index is 1140. The zero-order valence-electron chi connectivity index (χ0n) is 15.3. The molecule has 0 radical (unpaired) electrons. The van der Waals surface area contributed by atoms with Crippen molar-refractivity contribution >= 4 is 11.0 Å². The van der Waals surface area contributed by atoms with E-state index < -0.39 is 11.6 Å². The van der Waals surface area contributed by atoms with Crippen molar-refractivity contribution in [2.75, 3.05) is 0 Å². The Morgan fingerprint density at radius 3 is 2.64 bits per heavy atom. The third-order valence-electron chi connectivity index (χ3n) is 5.66. The van der Waals surface area contributed by atoms with Gasteiger partial charge in [-0.05, 0) is 37.1 Å². The number of nitrogens with one attached hydrogen (secondary N) is 1. The van der Waals surface area contributed by atoms with Gasteiger partial charge in [0.2, 0.25) is 0 Å². The fraction of sp³-hybridized carbons (Fsp3) is 0.273. The minimum Gasteiger partial charge on any atom is -0.346 e. The Balaban J connectivity index is 1.76. The number of halogens is 2. The Morgan fingerprint density at radius 1 is 0.964 bits per heavy atom. The van der Waals surface area contributed by atoms with Crippen LogP contribution in [-0.2, 0) is 0 Å². The van der Waals surface area contributed by atoms with E-state index in [2.05, 4.69) is 19.5 Å². The Kier molecular flexibility index (Phi) is 4.19. The van der Waals surface area contributed by atoms with Gasteiger partial charge in [0.05, 0.1) is 17.7 Å². The number of aromatic amines is 1. The lowest BCUT2D eigenvalue weighted by Gasteiger charge is -2.25. The predicted molar refractivity (Wildman–Crippen MR) is 105 cm³/mol. The van der Waals surface area contributed by atoms with Gasteiger partial charge in [0.25, 0.3) is 0 Å². The number of rotatable bonds is 3. The van der Waals surface area contributed by atoms with Crippen LogP contribution in [0.1, 0.15) is 38.1 Å². The molecule has 0 saturated heterocycles. The highest BCUT2D eigenvalue weighted by Gasteiger charge is 2.25. The van der Waals surface area contributed by atoms with Crippen molar-refractivity contribution in [3.8, 4) is 22.5 Å². The summed E-state index contributed by atoms with van der Waals surface area (Å²) in [6, 6.07) is 7.91. The molecule has 4 aromatic rings. The number of H-pyrrole nitrogens is 1. The minimum atomic E-state index is -0.602. The fourth-order valence-corrected chi connectivity index (χ4v) is 4.31. The number of pyridine rings is 1. The van der Waals surface area contributed by atoms with Crippen molar-refractivity contribution in [1.29, 1.82) is 0 Å². The fourth-order valence-electron chi connectivity index (χ4n) is 4.31. The van der Waals surface area contributed by atoms with E-state index in [1.165, 1.54) is 31.4 Å². The number of fused-ring (bicyclic) bond motifs is 1. The van der Waals surface area contributed by atoms with Gasteiger partial charge in [-0.3, -0.25) is 0 Å². The van der Waals surface area contributed by atoms with E-state index in [9.17, 15) is 8.78 Å². The Hall–Kier alpha value is -3.02. The Morgan fingerprint density at radius 2 is 1.82 bits per heavy atom. The summed E-state index contributed by atoms with van der Waals surface area (Å²) in [5.74, 6) is -1.19. The number of aromatic nitrogens is 4. The maximum atomic E-state index is 14.6. The zero-order valence-corrected chi connectivity index (χ0v) is 15.3. The standard InChI is InChI=1S/C22H20F2N4/c23-14-6-7-18(19(24)12-14)20-21(16-8-10-25-22-17(16)9-11-26-22)28(13-27-20)15-4-2-1-3-5-15/h6-13,15H,1-5H2,(H,25,26). The summed E-state index contributed by atoms with van der Waals surface area (Å²) in [5, 5.41) is 0.962. The second-order valence-electron chi connectivity index (χ2n) is 7.36. The van der Waals surface area contributed by atoms with E-state index in [0.717, 1.165) is 41.2 Å². The highest BCUT2D eigenvalue weighted by molar-refractivity contribution is 5.95. The monoisotopic (exact) mass is 378 g/mol. The van der Waals surface area contributed by atoms with Crippen LogP contribution in [0.3, 0.4) is 0 Å². The van der Waals surface area contributed by atoms with Crippen LogP contribution in [0.15, 0.2) is 49.1 Å². The van der Waals surface area contributed by atoms with E-state index in [0.29, 0.717) is 17.3 Å². The molecule has 0 unspecified atom stereocenters. The lowest BCUT2D eigenvalue weighted by Crippen LogP contribution is -2.13. The van der Waals surface area contributed by atoms with Crippen molar-refractivity contribution in [2.45, 2.75) is 38.1 Å². The smallest absolute Gasteiger partial charge is 0.137 e. The summed E-state index contributed by atoms with van der Waals surface area (Å²) in [4.78, 5) is 12.1. The molecule has 142 valence electrons. The summed E-state index contributed by atoms with van der Waals surface area (Å²) in [5.41, 5.74) is 3.44. The third kappa shape index (κ3) is 2.80. The molecule has 3 heterocycles. The molecule has 0 spiro atoms. The van der Waals surface area contributed by atoms with Crippen LogP contribution < -0.4 is 0 Å². The first-order valence-corrected chi connectivity index (χ1v) is 9.67. The highest BCUT2D eigenvalue weighted by Crippen LogP contribution is 2.40. The molecule has 0 bridgehead atoms. The second kappa shape index (κ2) is 6.86. The summed E-state index contributed by atoms with van der Waals surface area (Å²) in [6.45, 7) is 0. The zero-order chi connectivity index (χ0) is 19.1. The van der Waals surface area contributed by atoms with Gasteiger partial charge in [0.15, 0.2) is 0 Å². The molecule has 1 aromatic carbocycles. The first-order valence-electron chi connectivity index (χ1n) is 9.67. The minimum absolute atomic E-state index is 0.312. The van der Waals surface area contributed by atoms with Crippen molar-refractivity contribution in [1.82, 2.24) is 19.5 Å². The SMILES string of the molecule is Fc1ccc(-c2ncn(C3CCCCC3)c2-c2ccnc3[nH]ccc23)c(F)c1. The quantitative estimate of drug-likeness (QED) is 0.484. The largest absolute Gasteiger partial charge is 0.346 e. The van der Waals surface area contributed by atoms with Crippen LogP contribution in [0, 0.1) is 11.6 Å². The van der Waals surface area contributed by atoms with Crippen LogP contribution in [0.25, 0.3) is 33.5 Å². The first-order chi connectivity index (χ1) is 13.7. The summed E-state index contributed by atoms with van der Waals surface area (Å²) in [6.07, 6.45) is 11.2. The summed E-state index contributed by atoms with van der Waals surface area (Å²) >= 11 is 0. The van der Waals surface area contributed by atoms with Crippen LogP contribution in [0.4, 0.5) is 8.78 Å². The average Bonchev–Trinajstić information content (AvgIpc) is 3.35. The molecule has 4 nitrogen and oxygen atoms in total. The van der Waals surface area contributed by atoms with Gasteiger partial charge >= 0.3 is 0 Å². The van der Waals surface area contributed by atoms with Crippen molar-refractivity contribution < 1.29 is 8.78 Å². The summed E-state index contributed by atoms with van der Waals surface area (Å²) in [7, 11) is 0. The first kappa shape index (κ1) is 17.1. The molecule has 1 fully saturated rings. The molecule has 5 rings (SSSR count). The molecule has 0 atom stereocenters. The van der Waals surface area contributed by atoms with E-state index in [4.69, 9.17) is 0 Å². The molecule has 0 amide bonds. The maximum absolute atomic E-state index is 14.6. The average molecular weight is 378 g/mol. The van der Waals surface area contributed by atoms with Crippen LogP contribution in [-0.4, -0.2) is 19.5 Å². The van der Waals surface area contributed by atoms with E-state index in [1.807, 2.05) is 24.7 Å². The lowest BCUT2D eigenvalue weighted by molar-refractivity contribution is 0.355. The van der Waals surface area contributed by atoms with Crippen LogP contribution >= 0.6 is 0 Å². The van der Waals surface area contributed by atoms with Gasteiger partial charge in [-0.2, -0.15) is 0 Å². The molecule has 6 heteroatoms. The van der Waals surface area contributed by atoms with Gasteiger partial charge < -0.3 is 9.55 Å². The van der Waals surface area contributed by atoms with Crippen molar-refractivity contribution in [2.24, 2.45) is 0 Å². The molecule has 28 heavy (non-hydrogen) atoms. The highest BCUT2D eigenvalue weighted by atomic mass is 19.1. The van der Waals surface area contributed by atoms with Gasteiger partial charge in [-0.1, -0.05) is 19.3 Å². The van der Waals surface area contributed by atoms with E-state index in [1.54, 1.807) is 6.20 Å². The maximum Gasteiger partial charge on any atom is 0.137 e. The lowest BCUT2D eigenvalue weighted by atomic mass is 9.94. The third-order valence-corrected chi connectivity index (χ3v) is 5.66. The normalized spacial score (nSPS) is 15.4. The van der Waals surface area contributed by atoms with E-state index in [-0.39, 0.29) is 0 Å². The molecule has 1 aliphatic rings. The van der Waals surface area contributed by atoms with Gasteiger partial charge in [0.1, 0.15) is 17.3 Å². The predicted octanol–water partition coefficient (Wildman–Crippen LogP) is 5.88. The van der Waals surface area contributed by atoms with Gasteiger partial charge in [-0.15, -0.1) is 0 Å². The number of benzene rings is 1. The summed E-state index contributed by atoms with van der Waals surface area (Å²) < 4.78 is 30.3. The number of hydrogen-bond acceptors (Lipinski definition) is 2. The topological polar surface area (TPSA) is 46.5 Å². The van der Waals surface area contributed by atoms with Gasteiger partial charge in [0, 0.05) is 41.0 Å². The second-order valence-corrected chi connectivity index (χ2v) is 7.36. The van der Waals surface area contributed by atoms with Crippen LogP contribution in [0.2, 0.25) is 0 Å². The number of imidazole rings is 1. The number of nitrogens with zero attached hydrogens (tertiary/aromatic N) is 3. The molecular weight excluding hydrogens is 358 g/mol. The number of hydrogen-bond donors (Lipinski definition) is 1. The van der Waals surface area contributed by atoms with Crippen LogP contribution in [0.5, 0.6) is 0 Å². The molecular formula is C22H20F2N4. The molecule has 1 N–H and O–H groups in total. The van der Waals surface area contributed by atoms with Crippen molar-refractivity contribution in [3.05, 3.63) is 60.7 Å². The van der Waals surface area contributed by atoms with Gasteiger partial charge in [-0.25, -0.2) is 18.7 Å². The molecule has 1 saturated carbocycles.